The van der Waals surface area contributed by atoms with Crippen LogP contribution in [0.5, 0.6) is 0 Å². The molecule has 2 unspecified atom stereocenters. The Balaban J connectivity index is 1.28. The van der Waals surface area contributed by atoms with E-state index in [1.54, 1.807) is 28.4 Å². The Bertz CT molecular complexity index is 948. The van der Waals surface area contributed by atoms with E-state index in [1.165, 1.54) is 71.9 Å². The van der Waals surface area contributed by atoms with Crippen LogP contribution < -0.4 is 0 Å². The summed E-state index contributed by atoms with van der Waals surface area (Å²) >= 11 is 0. The van der Waals surface area contributed by atoms with Gasteiger partial charge in [0.2, 0.25) is 0 Å². The first-order valence-corrected chi connectivity index (χ1v) is 13.4. The molecule has 0 saturated heterocycles. The minimum atomic E-state index is -0.180. The molecule has 4 nitrogen and oxygen atoms in total. The summed E-state index contributed by atoms with van der Waals surface area (Å²) in [5.74, 6) is 0.954. The number of ether oxygens (including phenoxy) is 4. The highest BCUT2D eigenvalue weighted by Crippen LogP contribution is 2.43. The predicted octanol–water partition coefficient (Wildman–Crippen LogP) is 7.71. The second-order valence-corrected chi connectivity index (χ2v) is 10.0. The molecule has 2 atom stereocenters. The molecule has 4 heteroatoms. The van der Waals surface area contributed by atoms with Gasteiger partial charge in [-0.3, -0.25) is 0 Å². The minimum absolute atomic E-state index is 0.180. The first kappa shape index (κ1) is 26.8. The maximum absolute atomic E-state index is 5.50. The Kier molecular flexibility index (Phi) is 9.94. The van der Waals surface area contributed by atoms with Gasteiger partial charge in [0.05, 0.1) is 0 Å². The van der Waals surface area contributed by atoms with Crippen molar-refractivity contribution < 1.29 is 18.9 Å². The van der Waals surface area contributed by atoms with Crippen LogP contribution in [0.1, 0.15) is 85.5 Å². The summed E-state index contributed by atoms with van der Waals surface area (Å²) in [7, 11) is 6.89. The smallest absolute Gasteiger partial charge is 0.160 e. The number of rotatable bonds is 15. The maximum atomic E-state index is 5.50. The lowest BCUT2D eigenvalue weighted by molar-refractivity contribution is -0.101. The lowest BCUT2D eigenvalue weighted by Gasteiger charge is -2.21. The SMILES string of the molecule is COC(CC1=Cc2ccccc2C1CCCCCCC1C(CC(OC)OC)=Cc2ccccc21)OC. The van der Waals surface area contributed by atoms with Crippen LogP contribution in [-0.2, 0) is 18.9 Å². The van der Waals surface area contributed by atoms with Gasteiger partial charge in [-0.25, -0.2) is 0 Å². The number of hydrogen-bond donors (Lipinski definition) is 0. The van der Waals surface area contributed by atoms with Crippen LogP contribution in [0.2, 0.25) is 0 Å². The van der Waals surface area contributed by atoms with Gasteiger partial charge in [-0.1, -0.05) is 97.5 Å². The molecule has 0 fully saturated rings. The van der Waals surface area contributed by atoms with Crippen molar-refractivity contribution in [2.24, 2.45) is 0 Å². The number of benzene rings is 2. The first-order chi connectivity index (χ1) is 17.7. The molecule has 0 spiro atoms. The van der Waals surface area contributed by atoms with Gasteiger partial charge in [0.15, 0.2) is 12.6 Å². The molecule has 2 aliphatic rings. The molecule has 0 aromatic heterocycles. The molecule has 2 aliphatic carbocycles. The van der Waals surface area contributed by atoms with Crippen LogP contribution in [0.15, 0.2) is 59.7 Å². The molecule has 0 N–H and O–H groups in total. The van der Waals surface area contributed by atoms with E-state index < -0.39 is 0 Å². The Morgan fingerprint density at radius 1 is 0.556 bits per heavy atom. The largest absolute Gasteiger partial charge is 0.356 e. The number of fused-ring (bicyclic) bond motifs is 2. The van der Waals surface area contributed by atoms with Crippen LogP contribution >= 0.6 is 0 Å². The summed E-state index contributed by atoms with van der Waals surface area (Å²) in [5, 5.41) is 0. The fourth-order valence-corrected chi connectivity index (χ4v) is 5.96. The average molecular weight is 491 g/mol. The van der Waals surface area contributed by atoms with Crippen molar-refractivity contribution in [3.63, 3.8) is 0 Å². The van der Waals surface area contributed by atoms with Crippen LogP contribution in [0.3, 0.4) is 0 Å². The number of methoxy groups -OCH3 is 4. The summed E-state index contributed by atoms with van der Waals surface area (Å²) in [5.41, 5.74) is 8.51. The van der Waals surface area contributed by atoms with Crippen LogP contribution in [0, 0.1) is 0 Å². The highest BCUT2D eigenvalue weighted by atomic mass is 16.7. The lowest BCUT2D eigenvalue weighted by Crippen LogP contribution is -2.15. The molecule has 2 aromatic rings. The van der Waals surface area contributed by atoms with Crippen molar-refractivity contribution in [3.05, 3.63) is 81.9 Å². The molecule has 4 rings (SSSR count). The highest BCUT2D eigenvalue weighted by Gasteiger charge is 2.28. The van der Waals surface area contributed by atoms with E-state index in [9.17, 15) is 0 Å². The van der Waals surface area contributed by atoms with Gasteiger partial charge in [-0.15, -0.1) is 0 Å². The standard InChI is InChI=1S/C32H42O4/c1-33-31(34-2)21-25-19-23-13-9-11-17-27(23)29(25)15-7-5-6-8-16-30-26(22-32(35-3)36-4)20-24-14-10-12-18-28(24)30/h9-14,17-20,29-32H,5-8,15-16,21-22H2,1-4H3. The summed E-state index contributed by atoms with van der Waals surface area (Å²) in [6, 6.07) is 17.6. The fourth-order valence-electron chi connectivity index (χ4n) is 5.96. The molecule has 2 aromatic carbocycles. The maximum Gasteiger partial charge on any atom is 0.160 e. The molecular weight excluding hydrogens is 448 g/mol. The van der Waals surface area contributed by atoms with E-state index in [4.69, 9.17) is 18.9 Å². The molecular formula is C32H42O4. The summed E-state index contributed by atoms with van der Waals surface area (Å²) in [6.07, 6.45) is 13.4. The Labute approximate surface area is 217 Å². The first-order valence-electron chi connectivity index (χ1n) is 13.4. The van der Waals surface area contributed by atoms with Gasteiger partial charge in [-0.05, 0) is 35.1 Å². The van der Waals surface area contributed by atoms with Crippen molar-refractivity contribution in [2.75, 3.05) is 28.4 Å². The molecule has 0 saturated carbocycles. The number of hydrogen-bond acceptors (Lipinski definition) is 4. The lowest BCUT2D eigenvalue weighted by atomic mass is 9.87. The van der Waals surface area contributed by atoms with Gasteiger partial charge in [0, 0.05) is 53.1 Å². The van der Waals surface area contributed by atoms with Gasteiger partial charge >= 0.3 is 0 Å². The molecule has 0 heterocycles. The van der Waals surface area contributed by atoms with E-state index >= 15 is 0 Å². The summed E-state index contributed by atoms with van der Waals surface area (Å²) in [6.45, 7) is 0. The average Bonchev–Trinajstić information content (AvgIpc) is 3.44. The zero-order chi connectivity index (χ0) is 25.3. The molecule has 194 valence electrons. The summed E-state index contributed by atoms with van der Waals surface area (Å²) in [4.78, 5) is 0. The van der Waals surface area contributed by atoms with E-state index in [1.807, 2.05) is 0 Å². The normalized spacial score (nSPS) is 18.5. The summed E-state index contributed by atoms with van der Waals surface area (Å²) < 4.78 is 22.0. The zero-order valence-electron chi connectivity index (χ0n) is 22.4. The van der Waals surface area contributed by atoms with Gasteiger partial charge < -0.3 is 18.9 Å². The van der Waals surface area contributed by atoms with Crippen molar-refractivity contribution in [1.29, 1.82) is 0 Å². The quantitative estimate of drug-likeness (QED) is 0.189. The molecule has 0 amide bonds. The second kappa shape index (κ2) is 13.3. The zero-order valence-corrected chi connectivity index (χ0v) is 22.4. The van der Waals surface area contributed by atoms with Crippen molar-refractivity contribution in [2.45, 2.75) is 75.8 Å². The van der Waals surface area contributed by atoms with Crippen molar-refractivity contribution in [3.8, 4) is 0 Å². The Morgan fingerprint density at radius 2 is 0.944 bits per heavy atom. The van der Waals surface area contributed by atoms with Gasteiger partial charge in [-0.2, -0.15) is 0 Å². The van der Waals surface area contributed by atoms with Gasteiger partial charge in [0.25, 0.3) is 0 Å². The minimum Gasteiger partial charge on any atom is -0.356 e. The van der Waals surface area contributed by atoms with E-state index in [2.05, 4.69) is 60.7 Å². The predicted molar refractivity (Wildman–Crippen MR) is 147 cm³/mol. The molecule has 36 heavy (non-hydrogen) atoms. The van der Waals surface area contributed by atoms with E-state index in [-0.39, 0.29) is 12.6 Å². The molecule has 0 aliphatic heterocycles. The van der Waals surface area contributed by atoms with E-state index in [0.29, 0.717) is 11.8 Å². The molecule has 0 radical (unpaired) electrons. The van der Waals surface area contributed by atoms with Crippen molar-refractivity contribution in [1.82, 2.24) is 0 Å². The van der Waals surface area contributed by atoms with Crippen LogP contribution in [0.25, 0.3) is 12.2 Å². The molecule has 0 bridgehead atoms. The Hall–Kier alpha value is -2.24. The van der Waals surface area contributed by atoms with Crippen LogP contribution in [-0.4, -0.2) is 41.0 Å². The second-order valence-electron chi connectivity index (χ2n) is 10.0. The highest BCUT2D eigenvalue weighted by molar-refractivity contribution is 5.67. The van der Waals surface area contributed by atoms with Crippen LogP contribution in [0.4, 0.5) is 0 Å². The number of unbranched alkanes of at least 4 members (excludes halogenated alkanes) is 3. The third kappa shape index (κ3) is 6.36. The van der Waals surface area contributed by atoms with Crippen molar-refractivity contribution >= 4 is 12.2 Å². The topological polar surface area (TPSA) is 36.9 Å². The fraction of sp³-hybridized carbons (Fsp3) is 0.500. The Morgan fingerprint density at radius 3 is 1.33 bits per heavy atom. The van der Waals surface area contributed by atoms with Gasteiger partial charge in [0.1, 0.15) is 0 Å². The third-order valence-electron chi connectivity index (χ3n) is 7.91. The third-order valence-corrected chi connectivity index (χ3v) is 7.91. The van der Waals surface area contributed by atoms with E-state index in [0.717, 1.165) is 12.8 Å². The monoisotopic (exact) mass is 490 g/mol.